The van der Waals surface area contributed by atoms with Gasteiger partial charge in [0.1, 0.15) is 11.4 Å². The number of carbonyl (C=O) groups excluding carboxylic acids is 3. The van der Waals surface area contributed by atoms with Gasteiger partial charge >= 0.3 is 12.1 Å². The minimum Gasteiger partial charge on any atom is -0.482 e. The summed E-state index contributed by atoms with van der Waals surface area (Å²) in [5.74, 6) is -1.48. The smallest absolute Gasteiger partial charge is 0.410 e. The van der Waals surface area contributed by atoms with Gasteiger partial charge in [0.05, 0.1) is 17.2 Å². The van der Waals surface area contributed by atoms with E-state index in [1.165, 1.54) is 0 Å². The van der Waals surface area contributed by atoms with E-state index in [9.17, 15) is 24.3 Å². The molecular formula is C39H45N3O8. The molecule has 2 atom stereocenters. The third-order valence-corrected chi connectivity index (χ3v) is 9.38. The lowest BCUT2D eigenvalue weighted by Gasteiger charge is -2.41. The molecule has 2 heterocycles. The summed E-state index contributed by atoms with van der Waals surface area (Å²) < 4.78 is 16.7. The van der Waals surface area contributed by atoms with Crippen LogP contribution < -0.4 is 14.5 Å². The van der Waals surface area contributed by atoms with Crippen LogP contribution in [0, 0.1) is 5.92 Å². The van der Waals surface area contributed by atoms with Crippen molar-refractivity contribution in [2.24, 2.45) is 5.92 Å². The number of nitrogens with zero attached hydrogens (tertiary/aromatic N) is 3. The second-order valence-corrected chi connectivity index (χ2v) is 14.2. The van der Waals surface area contributed by atoms with Crippen molar-refractivity contribution in [2.45, 2.75) is 64.0 Å². The molecule has 2 fully saturated rings. The highest BCUT2D eigenvalue weighted by Gasteiger charge is 2.44. The molecule has 1 N–H and O–H groups in total. The van der Waals surface area contributed by atoms with E-state index in [0.29, 0.717) is 49.7 Å². The largest absolute Gasteiger partial charge is 0.482 e. The van der Waals surface area contributed by atoms with Gasteiger partial charge in [0, 0.05) is 45.1 Å². The number of ether oxygens (including phenoxy) is 3. The minimum absolute atomic E-state index is 0.00894. The molecule has 0 aromatic heterocycles. The van der Waals surface area contributed by atoms with Crippen LogP contribution in [0.4, 0.5) is 16.2 Å². The number of carboxylic acid groups (broad SMARTS) is 1. The second kappa shape index (κ2) is 14.5. The van der Waals surface area contributed by atoms with Crippen molar-refractivity contribution in [3.63, 3.8) is 0 Å². The molecule has 0 bridgehead atoms. The summed E-state index contributed by atoms with van der Waals surface area (Å²) in [6.07, 6.45) is 2.42. The summed E-state index contributed by atoms with van der Waals surface area (Å²) in [4.78, 5) is 58.1. The van der Waals surface area contributed by atoms with Crippen LogP contribution in [0.1, 0.15) is 68.3 Å². The Morgan fingerprint density at radius 2 is 1.72 bits per heavy atom. The van der Waals surface area contributed by atoms with Crippen LogP contribution in [-0.4, -0.2) is 85.5 Å². The number of methoxy groups -OCH3 is 1. The highest BCUT2D eigenvalue weighted by Crippen LogP contribution is 2.43. The first kappa shape index (κ1) is 34.9. The van der Waals surface area contributed by atoms with E-state index < -0.39 is 23.6 Å². The number of carboxylic acids is 1. The molecule has 11 nitrogen and oxygen atoms in total. The molecular weight excluding hydrogens is 638 g/mol. The van der Waals surface area contributed by atoms with Crippen LogP contribution in [0.25, 0.3) is 11.1 Å². The van der Waals surface area contributed by atoms with Gasteiger partial charge in [0.15, 0.2) is 6.61 Å². The maximum atomic E-state index is 15.0. The van der Waals surface area contributed by atoms with E-state index >= 15 is 0 Å². The Bertz CT molecular complexity index is 1760. The van der Waals surface area contributed by atoms with Gasteiger partial charge in [0.2, 0.25) is 5.91 Å². The van der Waals surface area contributed by atoms with Gasteiger partial charge in [-0.2, -0.15) is 0 Å². The Morgan fingerprint density at radius 3 is 2.42 bits per heavy atom. The van der Waals surface area contributed by atoms with E-state index in [2.05, 4.69) is 0 Å². The number of hydrogen-bond donors (Lipinski definition) is 1. The number of likely N-dealkylation sites (tertiary alicyclic amines) is 1. The maximum absolute atomic E-state index is 15.0. The van der Waals surface area contributed by atoms with Crippen LogP contribution in [0.5, 0.6) is 5.75 Å². The van der Waals surface area contributed by atoms with E-state index in [4.69, 9.17) is 14.2 Å². The summed E-state index contributed by atoms with van der Waals surface area (Å²) in [6, 6.07) is 20.2. The molecule has 1 aliphatic carbocycles. The Balaban J connectivity index is 1.36. The summed E-state index contributed by atoms with van der Waals surface area (Å²) in [5.41, 5.74) is 3.36. The number of piperidine rings is 1. The van der Waals surface area contributed by atoms with E-state index in [1.807, 2.05) is 74.2 Å². The standard InChI is InChI=1S/C39H45N3O8/c1-39(2,3)50-38(47)40-18-16-31(27-10-5-8-25(20-27)26-9-6-11-28(21-26)37(45)46)32(23-40)36(44)42(29-12-13-29)30-14-15-34-33(22-30)41(17-7-19-48-4)35(43)24-49-34/h5-6,8-11,14-15,20-22,29,31-32H,7,12-13,16-19,23-24H2,1-4H3,(H,45,46)/t31-,32?/m1/s1. The predicted octanol–water partition coefficient (Wildman–Crippen LogP) is 6.35. The van der Waals surface area contributed by atoms with E-state index in [1.54, 1.807) is 35.1 Å². The van der Waals surface area contributed by atoms with Crippen LogP contribution in [0.3, 0.4) is 0 Å². The third kappa shape index (κ3) is 7.78. The summed E-state index contributed by atoms with van der Waals surface area (Å²) in [5, 5.41) is 9.57. The molecule has 50 heavy (non-hydrogen) atoms. The number of rotatable bonds is 10. The SMILES string of the molecule is COCCCN1C(=O)COc2ccc(N(C(=O)C3CN(C(=O)OC(C)(C)C)CC[C@@H]3c3cccc(-c4cccc(C(=O)O)c4)c3)C3CC3)cc21. The van der Waals surface area contributed by atoms with Gasteiger partial charge in [0.25, 0.3) is 5.91 Å². The van der Waals surface area contributed by atoms with Gasteiger partial charge in [-0.3, -0.25) is 9.59 Å². The molecule has 1 unspecified atom stereocenters. The number of amides is 3. The second-order valence-electron chi connectivity index (χ2n) is 14.2. The van der Waals surface area contributed by atoms with Crippen LogP contribution in [0.15, 0.2) is 66.7 Å². The molecule has 0 spiro atoms. The summed E-state index contributed by atoms with van der Waals surface area (Å²) >= 11 is 0. The number of hydrogen-bond acceptors (Lipinski definition) is 7. The lowest BCUT2D eigenvalue weighted by atomic mass is 9.78. The normalized spacial score (nSPS) is 19.0. The molecule has 3 aromatic rings. The van der Waals surface area contributed by atoms with Crippen molar-refractivity contribution in [3.8, 4) is 16.9 Å². The Labute approximate surface area is 292 Å². The molecule has 6 rings (SSSR count). The first-order valence-electron chi connectivity index (χ1n) is 17.2. The van der Waals surface area contributed by atoms with Gasteiger partial charge in [-0.1, -0.05) is 36.4 Å². The summed E-state index contributed by atoms with van der Waals surface area (Å²) in [7, 11) is 1.63. The van der Waals surface area contributed by atoms with Crippen LogP contribution in [-0.2, 0) is 19.1 Å². The van der Waals surface area contributed by atoms with Crippen molar-refractivity contribution in [1.82, 2.24) is 4.90 Å². The number of anilines is 2. The van der Waals surface area contributed by atoms with Gasteiger partial charge in [-0.05, 0) is 99.4 Å². The third-order valence-electron chi connectivity index (χ3n) is 9.38. The van der Waals surface area contributed by atoms with E-state index in [-0.39, 0.29) is 42.5 Å². The quantitative estimate of drug-likeness (QED) is 0.245. The number of aromatic carboxylic acids is 1. The molecule has 3 aliphatic rings. The molecule has 1 saturated heterocycles. The van der Waals surface area contributed by atoms with Gasteiger partial charge in [-0.25, -0.2) is 9.59 Å². The molecule has 11 heteroatoms. The highest BCUT2D eigenvalue weighted by molar-refractivity contribution is 6.01. The fourth-order valence-electron chi connectivity index (χ4n) is 6.86. The number of benzene rings is 3. The van der Waals surface area contributed by atoms with Crippen molar-refractivity contribution in [1.29, 1.82) is 0 Å². The number of carbonyl (C=O) groups is 4. The maximum Gasteiger partial charge on any atom is 0.410 e. The monoisotopic (exact) mass is 683 g/mol. The van der Waals surface area contributed by atoms with E-state index in [0.717, 1.165) is 29.5 Å². The molecule has 2 aliphatic heterocycles. The molecule has 1 saturated carbocycles. The molecule has 3 aromatic carbocycles. The lowest BCUT2D eigenvalue weighted by molar-refractivity contribution is -0.124. The average Bonchev–Trinajstić information content (AvgIpc) is 3.94. The summed E-state index contributed by atoms with van der Waals surface area (Å²) in [6.45, 7) is 6.99. The van der Waals surface area contributed by atoms with Crippen molar-refractivity contribution in [2.75, 3.05) is 49.8 Å². The van der Waals surface area contributed by atoms with Crippen molar-refractivity contribution >= 4 is 35.3 Å². The first-order chi connectivity index (χ1) is 23.9. The zero-order valence-corrected chi connectivity index (χ0v) is 29.1. The molecule has 0 radical (unpaired) electrons. The minimum atomic E-state index is -1.00. The van der Waals surface area contributed by atoms with Crippen LogP contribution >= 0.6 is 0 Å². The predicted molar refractivity (Wildman–Crippen MR) is 189 cm³/mol. The number of fused-ring (bicyclic) bond motifs is 1. The Kier molecular flexibility index (Phi) is 10.2. The zero-order chi connectivity index (χ0) is 35.6. The molecule has 3 amide bonds. The van der Waals surface area contributed by atoms with Crippen molar-refractivity contribution < 1.29 is 38.5 Å². The average molecular weight is 684 g/mol. The Hall–Kier alpha value is -4.90. The Morgan fingerprint density at radius 1 is 0.980 bits per heavy atom. The highest BCUT2D eigenvalue weighted by atomic mass is 16.6. The van der Waals surface area contributed by atoms with Gasteiger partial charge < -0.3 is 34.0 Å². The molecule has 264 valence electrons. The first-order valence-corrected chi connectivity index (χ1v) is 17.2. The van der Waals surface area contributed by atoms with Crippen molar-refractivity contribution in [3.05, 3.63) is 77.9 Å². The fourth-order valence-corrected chi connectivity index (χ4v) is 6.86. The lowest BCUT2D eigenvalue weighted by Crippen LogP contribution is -2.51. The fraction of sp³-hybridized carbons (Fsp3) is 0.436. The van der Waals surface area contributed by atoms with Crippen LogP contribution in [0.2, 0.25) is 0 Å². The zero-order valence-electron chi connectivity index (χ0n) is 29.1. The topological polar surface area (TPSA) is 126 Å². The van der Waals surface area contributed by atoms with Gasteiger partial charge in [-0.15, -0.1) is 0 Å².